The van der Waals surface area contributed by atoms with Gasteiger partial charge in [-0.1, -0.05) is 30.5 Å². The fraction of sp³-hybridized carbons (Fsp3) is 0.529. The molecule has 1 saturated carbocycles. The second-order valence-corrected chi connectivity index (χ2v) is 6.65. The lowest BCUT2D eigenvalue weighted by Gasteiger charge is -2.30. The van der Waals surface area contributed by atoms with E-state index in [1.165, 1.54) is 4.90 Å². The third-order valence-electron chi connectivity index (χ3n) is 4.37. The molecule has 126 valence electrons. The number of carbonyl (C=O) groups is 2. The molecule has 1 aromatic rings. The largest absolute Gasteiger partial charge is 0.393 e. The summed E-state index contributed by atoms with van der Waals surface area (Å²) in [6, 6.07) is 5.13. The monoisotopic (exact) mass is 338 g/mol. The average molecular weight is 339 g/mol. The van der Waals surface area contributed by atoms with Gasteiger partial charge in [0.25, 0.3) is 0 Å². The zero-order chi connectivity index (χ0) is 17.0. The molecule has 0 aromatic heterocycles. The number of hydrogen-bond acceptors (Lipinski definition) is 3. The van der Waals surface area contributed by atoms with E-state index >= 15 is 0 Å². The Morgan fingerprint density at radius 1 is 1.35 bits per heavy atom. The Morgan fingerprint density at radius 2 is 2.04 bits per heavy atom. The molecule has 5 nitrogen and oxygen atoms in total. The van der Waals surface area contributed by atoms with Crippen LogP contribution >= 0.6 is 11.6 Å². The molecule has 1 fully saturated rings. The minimum atomic E-state index is -0.692. The number of hydrogen-bond donors (Lipinski definition) is 2. The van der Waals surface area contributed by atoms with Crippen LogP contribution in [-0.2, 0) is 9.59 Å². The topological polar surface area (TPSA) is 69.6 Å². The first kappa shape index (κ1) is 17.8. The molecule has 1 aliphatic rings. The Balaban J connectivity index is 1.95. The third-order valence-corrected chi connectivity index (χ3v) is 4.60. The van der Waals surface area contributed by atoms with Gasteiger partial charge in [0.1, 0.15) is 0 Å². The van der Waals surface area contributed by atoms with Gasteiger partial charge in [-0.25, -0.2) is 0 Å². The molecular formula is C17H23ClN2O3. The molecule has 2 unspecified atom stereocenters. The van der Waals surface area contributed by atoms with Gasteiger partial charge in [0.05, 0.1) is 6.10 Å². The number of aryl methyl sites for hydroxylation is 1. The Hall–Kier alpha value is -1.59. The van der Waals surface area contributed by atoms with Crippen molar-refractivity contribution in [3.8, 4) is 0 Å². The molecule has 23 heavy (non-hydrogen) atoms. The highest BCUT2D eigenvalue weighted by Gasteiger charge is 2.27. The summed E-state index contributed by atoms with van der Waals surface area (Å²) >= 11 is 5.91. The van der Waals surface area contributed by atoms with Crippen LogP contribution < -0.4 is 5.32 Å². The first-order valence-electron chi connectivity index (χ1n) is 7.89. The number of anilines is 1. The zero-order valence-electron chi connectivity index (χ0n) is 13.5. The fourth-order valence-corrected chi connectivity index (χ4v) is 3.09. The van der Waals surface area contributed by atoms with Crippen molar-refractivity contribution in [2.45, 2.75) is 38.7 Å². The van der Waals surface area contributed by atoms with Gasteiger partial charge in [-0.3, -0.25) is 9.59 Å². The summed E-state index contributed by atoms with van der Waals surface area (Å²) in [6.45, 7) is 2.22. The molecule has 6 heteroatoms. The van der Waals surface area contributed by atoms with E-state index in [1.54, 1.807) is 25.2 Å². The molecule has 2 amide bonds. The molecule has 0 radical (unpaired) electrons. The molecule has 1 aromatic carbocycles. The lowest BCUT2D eigenvalue weighted by Crippen LogP contribution is -2.42. The number of aliphatic hydroxyl groups excluding tert-OH is 1. The van der Waals surface area contributed by atoms with Crippen LogP contribution in [0.3, 0.4) is 0 Å². The first-order chi connectivity index (χ1) is 10.9. The minimum Gasteiger partial charge on any atom is -0.393 e. The Bertz CT molecular complexity index is 591. The average Bonchev–Trinajstić information content (AvgIpc) is 2.52. The Labute approximate surface area is 141 Å². The maximum absolute atomic E-state index is 12.2. The number of nitrogens with one attached hydrogen (secondary N) is 1. The molecule has 0 heterocycles. The molecule has 2 atom stereocenters. The predicted molar refractivity (Wildman–Crippen MR) is 90.4 cm³/mol. The molecule has 0 aliphatic heterocycles. The summed E-state index contributed by atoms with van der Waals surface area (Å²) in [5, 5.41) is 13.1. The number of rotatable bonds is 3. The van der Waals surface area contributed by atoms with Crippen LogP contribution in [0.1, 0.15) is 31.2 Å². The molecule has 0 spiro atoms. The number of likely N-dealkylation sites (N-methyl/N-ethyl adjacent to an activating group) is 1. The number of aliphatic hydroxyl groups is 1. The van der Waals surface area contributed by atoms with Crippen LogP contribution in [0.2, 0.25) is 5.02 Å². The van der Waals surface area contributed by atoms with Gasteiger partial charge in [0, 0.05) is 30.2 Å². The van der Waals surface area contributed by atoms with Gasteiger partial charge in [-0.15, -0.1) is 0 Å². The summed E-state index contributed by atoms with van der Waals surface area (Å²) in [4.78, 5) is 25.7. The second-order valence-electron chi connectivity index (χ2n) is 6.21. The van der Waals surface area contributed by atoms with Gasteiger partial charge >= 0.3 is 11.8 Å². The number of benzene rings is 1. The van der Waals surface area contributed by atoms with E-state index < -0.39 is 17.9 Å². The van der Waals surface area contributed by atoms with Gasteiger partial charge < -0.3 is 15.3 Å². The Morgan fingerprint density at radius 3 is 2.74 bits per heavy atom. The third kappa shape index (κ3) is 4.69. The first-order valence-corrected chi connectivity index (χ1v) is 8.27. The van der Waals surface area contributed by atoms with Gasteiger partial charge in [0.15, 0.2) is 0 Å². The highest BCUT2D eigenvalue weighted by Crippen LogP contribution is 2.25. The molecule has 0 bridgehead atoms. The quantitative estimate of drug-likeness (QED) is 0.832. The van der Waals surface area contributed by atoms with Crippen LogP contribution in [0.4, 0.5) is 5.69 Å². The van der Waals surface area contributed by atoms with E-state index in [0.717, 1.165) is 31.2 Å². The second kappa shape index (κ2) is 7.79. The molecule has 1 aliphatic carbocycles. The SMILES string of the molecule is Cc1ccc(Cl)cc1NC(=O)C(=O)N(C)CC1CCCCC1O. The number of carbonyl (C=O) groups excluding carboxylic acids is 2. The molecule has 0 saturated heterocycles. The summed E-state index contributed by atoms with van der Waals surface area (Å²) in [6.07, 6.45) is 3.33. The Kier molecular flexibility index (Phi) is 6.02. The summed E-state index contributed by atoms with van der Waals surface area (Å²) in [7, 11) is 1.59. The van der Waals surface area contributed by atoms with Crippen molar-refractivity contribution in [1.29, 1.82) is 0 Å². The van der Waals surface area contributed by atoms with Crippen LogP contribution in [0, 0.1) is 12.8 Å². The summed E-state index contributed by atoms with van der Waals surface area (Å²) < 4.78 is 0. The van der Waals surface area contributed by atoms with Gasteiger partial charge in [-0.05, 0) is 37.5 Å². The van der Waals surface area contributed by atoms with Crippen LogP contribution in [0.5, 0.6) is 0 Å². The maximum atomic E-state index is 12.2. The van der Waals surface area contributed by atoms with Crippen molar-refractivity contribution in [2.24, 2.45) is 5.92 Å². The van der Waals surface area contributed by atoms with E-state index in [0.29, 0.717) is 17.3 Å². The van der Waals surface area contributed by atoms with Crippen LogP contribution in [-0.4, -0.2) is 41.5 Å². The summed E-state index contributed by atoms with van der Waals surface area (Å²) in [5.74, 6) is -1.26. The fourth-order valence-electron chi connectivity index (χ4n) is 2.91. The van der Waals surface area contributed by atoms with Gasteiger partial charge in [-0.2, -0.15) is 0 Å². The predicted octanol–water partition coefficient (Wildman–Crippen LogP) is 2.60. The highest BCUT2D eigenvalue weighted by atomic mass is 35.5. The number of nitrogens with zero attached hydrogens (tertiary/aromatic N) is 1. The molecule has 2 N–H and O–H groups in total. The van der Waals surface area contributed by atoms with Crippen molar-refractivity contribution in [3.63, 3.8) is 0 Å². The zero-order valence-corrected chi connectivity index (χ0v) is 14.3. The van der Waals surface area contributed by atoms with E-state index in [9.17, 15) is 14.7 Å². The number of halogens is 1. The molecule has 2 rings (SSSR count). The van der Waals surface area contributed by atoms with Gasteiger partial charge in [0.2, 0.25) is 0 Å². The van der Waals surface area contributed by atoms with Crippen LogP contribution in [0.15, 0.2) is 18.2 Å². The normalized spacial score (nSPS) is 20.9. The number of amides is 2. The van der Waals surface area contributed by atoms with Crippen molar-refractivity contribution in [3.05, 3.63) is 28.8 Å². The molecular weight excluding hydrogens is 316 g/mol. The maximum Gasteiger partial charge on any atom is 0.313 e. The smallest absolute Gasteiger partial charge is 0.313 e. The van der Waals surface area contributed by atoms with E-state index in [2.05, 4.69) is 5.32 Å². The van der Waals surface area contributed by atoms with Crippen LogP contribution in [0.25, 0.3) is 0 Å². The van der Waals surface area contributed by atoms with Crippen molar-refractivity contribution in [1.82, 2.24) is 4.90 Å². The standard InChI is InChI=1S/C17H23ClN2O3/c1-11-7-8-13(18)9-14(11)19-16(22)17(23)20(2)10-12-5-3-4-6-15(12)21/h7-9,12,15,21H,3-6,10H2,1-2H3,(H,19,22). The van der Waals surface area contributed by atoms with E-state index in [4.69, 9.17) is 11.6 Å². The lowest BCUT2D eigenvalue weighted by molar-refractivity contribution is -0.143. The summed E-state index contributed by atoms with van der Waals surface area (Å²) in [5.41, 5.74) is 1.36. The van der Waals surface area contributed by atoms with Crippen molar-refractivity contribution < 1.29 is 14.7 Å². The van der Waals surface area contributed by atoms with Crippen molar-refractivity contribution in [2.75, 3.05) is 18.9 Å². The lowest BCUT2D eigenvalue weighted by atomic mass is 9.86. The minimum absolute atomic E-state index is 0.0402. The van der Waals surface area contributed by atoms with E-state index in [-0.39, 0.29) is 5.92 Å². The highest BCUT2D eigenvalue weighted by molar-refractivity contribution is 6.39. The van der Waals surface area contributed by atoms with Crippen molar-refractivity contribution >= 4 is 29.1 Å². The van der Waals surface area contributed by atoms with E-state index in [1.807, 2.05) is 6.92 Å².